The van der Waals surface area contributed by atoms with Crippen molar-refractivity contribution >= 4 is 56.2 Å². The Morgan fingerprint density at radius 2 is 2.00 bits per heavy atom. The van der Waals surface area contributed by atoms with E-state index in [4.69, 9.17) is 0 Å². The quantitative estimate of drug-likeness (QED) is 0.321. The molecule has 1 aromatic heterocycles. The molecule has 0 saturated carbocycles. The van der Waals surface area contributed by atoms with Gasteiger partial charge in [-0.05, 0) is 31.0 Å². The molecule has 0 unspecified atom stereocenters. The first kappa shape index (κ1) is 24.6. The highest BCUT2D eigenvalue weighted by Crippen LogP contribution is 2.18. The molecule has 10 heteroatoms. The fraction of sp³-hybridized carbons (Fsp3) is 0.444. The Bertz CT molecular complexity index is 910. The number of nitrogens with zero attached hydrogens (tertiary/aromatic N) is 3. The predicted molar refractivity (Wildman–Crippen MR) is 128 cm³/mol. The lowest BCUT2D eigenvalue weighted by molar-refractivity contribution is 0.601. The standard InChI is InChI=1S/C18H27N5O2S2.HI/c1-6-19-17(21-11-15-12-26-18(22-15)23(3)4)20-10-14-7-8-16(13(2)9-14)27(5,24)25;/h7-9,12H,6,10-11H2,1-5H3,(H2,19,20,21);1H. The van der Waals surface area contributed by atoms with E-state index in [1.165, 1.54) is 6.26 Å². The van der Waals surface area contributed by atoms with Crippen molar-refractivity contribution in [1.29, 1.82) is 0 Å². The third-order valence-corrected chi connectivity index (χ3v) is 6.08. The molecule has 0 aliphatic rings. The summed E-state index contributed by atoms with van der Waals surface area (Å²) in [5.41, 5.74) is 2.66. The molecule has 1 aromatic carbocycles. The van der Waals surface area contributed by atoms with Crippen LogP contribution in [-0.4, -0.2) is 46.3 Å². The summed E-state index contributed by atoms with van der Waals surface area (Å²) in [6.07, 6.45) is 1.22. The Labute approximate surface area is 188 Å². The van der Waals surface area contributed by atoms with Crippen LogP contribution in [0.4, 0.5) is 5.13 Å². The second kappa shape index (κ2) is 11.0. The van der Waals surface area contributed by atoms with Gasteiger partial charge in [0.25, 0.3) is 0 Å². The lowest BCUT2D eigenvalue weighted by Crippen LogP contribution is -2.36. The number of anilines is 1. The first-order chi connectivity index (χ1) is 12.7. The van der Waals surface area contributed by atoms with Crippen molar-refractivity contribution in [1.82, 2.24) is 15.6 Å². The topological polar surface area (TPSA) is 86.7 Å². The third kappa shape index (κ3) is 7.21. The van der Waals surface area contributed by atoms with Crippen LogP contribution in [0.1, 0.15) is 23.7 Å². The van der Waals surface area contributed by atoms with Gasteiger partial charge in [0.2, 0.25) is 0 Å². The number of aryl methyl sites for hydroxylation is 1. The SMILES string of the molecule is CCNC(=NCc1ccc(S(C)(=O)=O)c(C)c1)NCc1csc(N(C)C)n1.I. The molecule has 2 aromatic rings. The van der Waals surface area contributed by atoms with Crippen LogP contribution in [0.15, 0.2) is 33.5 Å². The molecule has 0 aliphatic heterocycles. The number of benzene rings is 1. The van der Waals surface area contributed by atoms with Gasteiger partial charge in [0.05, 0.1) is 23.7 Å². The Balaban J connectivity index is 0.00000392. The minimum absolute atomic E-state index is 0. The molecule has 0 fully saturated rings. The van der Waals surface area contributed by atoms with E-state index in [1.54, 1.807) is 30.4 Å². The third-order valence-electron chi connectivity index (χ3n) is 3.76. The first-order valence-corrected chi connectivity index (χ1v) is 11.4. The predicted octanol–water partition coefficient (Wildman–Crippen LogP) is 2.79. The van der Waals surface area contributed by atoms with Crippen molar-refractivity contribution in [2.24, 2.45) is 4.99 Å². The fourth-order valence-electron chi connectivity index (χ4n) is 2.50. The van der Waals surface area contributed by atoms with Gasteiger partial charge < -0.3 is 15.5 Å². The highest BCUT2D eigenvalue weighted by atomic mass is 127. The summed E-state index contributed by atoms with van der Waals surface area (Å²) in [6.45, 7) is 5.60. The number of sulfone groups is 1. The van der Waals surface area contributed by atoms with Crippen LogP contribution < -0.4 is 15.5 Å². The average molecular weight is 537 g/mol. The number of guanidine groups is 1. The summed E-state index contributed by atoms with van der Waals surface area (Å²) in [5, 5.41) is 9.48. The minimum Gasteiger partial charge on any atom is -0.357 e. The van der Waals surface area contributed by atoms with Gasteiger partial charge in [-0.1, -0.05) is 12.1 Å². The van der Waals surface area contributed by atoms with Gasteiger partial charge in [-0.15, -0.1) is 35.3 Å². The lowest BCUT2D eigenvalue weighted by Gasteiger charge is -2.11. The normalized spacial score (nSPS) is 11.7. The molecule has 7 nitrogen and oxygen atoms in total. The van der Waals surface area contributed by atoms with E-state index in [0.717, 1.165) is 28.5 Å². The van der Waals surface area contributed by atoms with E-state index in [-0.39, 0.29) is 24.0 Å². The number of rotatable bonds is 7. The molecule has 1 heterocycles. The van der Waals surface area contributed by atoms with Gasteiger partial charge >= 0.3 is 0 Å². The van der Waals surface area contributed by atoms with Crippen molar-refractivity contribution in [3.8, 4) is 0 Å². The zero-order valence-corrected chi connectivity index (χ0v) is 20.8. The monoisotopic (exact) mass is 537 g/mol. The Kier molecular flexibility index (Phi) is 9.64. The Morgan fingerprint density at radius 3 is 2.54 bits per heavy atom. The number of aromatic nitrogens is 1. The van der Waals surface area contributed by atoms with Crippen LogP contribution in [0.2, 0.25) is 0 Å². The molecule has 156 valence electrons. The van der Waals surface area contributed by atoms with E-state index < -0.39 is 9.84 Å². The maximum absolute atomic E-state index is 11.7. The Morgan fingerprint density at radius 1 is 1.29 bits per heavy atom. The average Bonchev–Trinajstić information content (AvgIpc) is 3.05. The van der Waals surface area contributed by atoms with Crippen molar-refractivity contribution in [2.75, 3.05) is 31.8 Å². The highest BCUT2D eigenvalue weighted by Gasteiger charge is 2.11. The van der Waals surface area contributed by atoms with Gasteiger partial charge in [-0.3, -0.25) is 0 Å². The van der Waals surface area contributed by atoms with Gasteiger partial charge in [-0.2, -0.15) is 0 Å². The summed E-state index contributed by atoms with van der Waals surface area (Å²) >= 11 is 1.60. The molecular weight excluding hydrogens is 509 g/mol. The molecule has 28 heavy (non-hydrogen) atoms. The number of nitrogens with one attached hydrogen (secondary N) is 2. The fourth-order valence-corrected chi connectivity index (χ4v) is 4.21. The van der Waals surface area contributed by atoms with Crippen LogP contribution in [0.5, 0.6) is 0 Å². The second-order valence-corrected chi connectivity index (χ2v) is 9.26. The Hall–Kier alpha value is -1.40. The maximum Gasteiger partial charge on any atom is 0.191 e. The zero-order chi connectivity index (χ0) is 20.0. The highest BCUT2D eigenvalue weighted by molar-refractivity contribution is 14.0. The molecule has 0 spiro atoms. The molecule has 2 N–H and O–H groups in total. The van der Waals surface area contributed by atoms with Gasteiger partial charge in [0.15, 0.2) is 20.9 Å². The molecule has 2 rings (SSSR count). The first-order valence-electron chi connectivity index (χ1n) is 8.64. The minimum atomic E-state index is -3.20. The van der Waals surface area contributed by atoms with Gasteiger partial charge in [-0.25, -0.2) is 18.4 Å². The summed E-state index contributed by atoms with van der Waals surface area (Å²) in [4.78, 5) is 11.5. The van der Waals surface area contributed by atoms with Crippen molar-refractivity contribution < 1.29 is 8.42 Å². The molecule has 0 atom stereocenters. The van der Waals surface area contributed by atoms with Crippen molar-refractivity contribution in [3.63, 3.8) is 0 Å². The van der Waals surface area contributed by atoms with Crippen LogP contribution >= 0.6 is 35.3 Å². The summed E-state index contributed by atoms with van der Waals surface area (Å²) < 4.78 is 23.4. The van der Waals surface area contributed by atoms with E-state index >= 15 is 0 Å². The maximum atomic E-state index is 11.7. The van der Waals surface area contributed by atoms with Gasteiger partial charge in [0, 0.05) is 32.3 Å². The molecular formula is C18H28IN5O2S2. The second-order valence-electron chi connectivity index (χ2n) is 6.44. The molecule has 0 aliphatic carbocycles. The number of thiazole rings is 1. The van der Waals surface area contributed by atoms with Crippen LogP contribution in [0.3, 0.4) is 0 Å². The van der Waals surface area contributed by atoms with Crippen molar-refractivity contribution in [2.45, 2.75) is 31.8 Å². The van der Waals surface area contributed by atoms with Crippen LogP contribution in [0, 0.1) is 6.92 Å². The van der Waals surface area contributed by atoms with E-state index in [9.17, 15) is 8.42 Å². The smallest absolute Gasteiger partial charge is 0.191 e. The molecule has 0 radical (unpaired) electrons. The van der Waals surface area contributed by atoms with E-state index in [2.05, 4.69) is 20.6 Å². The number of aliphatic imine (C=N–C) groups is 1. The largest absolute Gasteiger partial charge is 0.357 e. The number of hydrogen-bond donors (Lipinski definition) is 2. The molecule has 0 bridgehead atoms. The lowest BCUT2D eigenvalue weighted by atomic mass is 10.1. The summed E-state index contributed by atoms with van der Waals surface area (Å²) in [7, 11) is 0.738. The van der Waals surface area contributed by atoms with E-state index in [0.29, 0.717) is 23.9 Å². The van der Waals surface area contributed by atoms with Crippen molar-refractivity contribution in [3.05, 3.63) is 40.4 Å². The van der Waals surface area contributed by atoms with E-state index in [1.807, 2.05) is 37.4 Å². The molecule has 0 saturated heterocycles. The van der Waals surface area contributed by atoms with Crippen LogP contribution in [-0.2, 0) is 22.9 Å². The number of halogens is 1. The van der Waals surface area contributed by atoms with Crippen LogP contribution in [0.25, 0.3) is 0 Å². The summed E-state index contributed by atoms with van der Waals surface area (Å²) in [5.74, 6) is 0.696. The summed E-state index contributed by atoms with van der Waals surface area (Å²) in [6, 6.07) is 5.32. The number of hydrogen-bond acceptors (Lipinski definition) is 6. The molecule has 0 amide bonds. The zero-order valence-electron chi connectivity index (χ0n) is 16.8. The van der Waals surface area contributed by atoms with Gasteiger partial charge in [0.1, 0.15) is 0 Å².